The van der Waals surface area contributed by atoms with Gasteiger partial charge < -0.3 is 5.11 Å². The summed E-state index contributed by atoms with van der Waals surface area (Å²) in [6.45, 7) is 2.01. The smallest absolute Gasteiger partial charge is 0.230 e. The summed E-state index contributed by atoms with van der Waals surface area (Å²) in [5.41, 5.74) is 1.02. The number of nitrogens with zero attached hydrogens (tertiary/aromatic N) is 4. The molecule has 0 radical (unpaired) electrons. The molecule has 0 aliphatic carbocycles. The summed E-state index contributed by atoms with van der Waals surface area (Å²) in [5, 5.41) is 15.4. The number of hydrogen-bond donors (Lipinski definition) is 1. The minimum Gasteiger partial charge on any atom is -0.492 e. The van der Waals surface area contributed by atoms with Crippen LogP contribution >= 0.6 is 22.9 Å². The van der Waals surface area contributed by atoms with E-state index in [0.717, 1.165) is 28.6 Å². The minimum absolute atomic E-state index is 0.0512. The number of halogens is 1. The van der Waals surface area contributed by atoms with Gasteiger partial charge in [0.2, 0.25) is 10.8 Å². The third-order valence-corrected chi connectivity index (χ3v) is 5.52. The van der Waals surface area contributed by atoms with Crippen LogP contribution in [0.3, 0.4) is 0 Å². The normalized spacial score (nSPS) is 17.3. The molecule has 0 bridgehead atoms. The Morgan fingerprint density at radius 3 is 2.73 bits per heavy atom. The molecule has 5 nitrogen and oxygen atoms in total. The van der Waals surface area contributed by atoms with E-state index in [-0.39, 0.29) is 11.9 Å². The molecule has 2 aromatic heterocycles. The van der Waals surface area contributed by atoms with Gasteiger partial charge in [0.25, 0.3) is 0 Å². The molecule has 1 aromatic carbocycles. The standard InChI is InChI=1S/C15H15ClN4OS/c16-11-6-2-1-5-10(11)12(19-7-3-4-8-19)13-14(21)20-15(22-13)17-9-18-20/h1-2,5-6,9,12,21H,3-4,7-8H2/t12-/m1/s1. The van der Waals surface area contributed by atoms with Gasteiger partial charge >= 0.3 is 0 Å². The second-order valence-corrected chi connectivity index (χ2v) is 6.83. The van der Waals surface area contributed by atoms with Crippen LogP contribution in [0.25, 0.3) is 4.96 Å². The summed E-state index contributed by atoms with van der Waals surface area (Å²) in [6, 6.07) is 7.78. The molecule has 1 N–H and O–H groups in total. The average molecular weight is 335 g/mol. The fourth-order valence-electron chi connectivity index (χ4n) is 3.07. The Morgan fingerprint density at radius 2 is 2.00 bits per heavy atom. The Kier molecular flexibility index (Phi) is 3.52. The van der Waals surface area contributed by atoms with Crippen molar-refractivity contribution in [2.24, 2.45) is 0 Å². The van der Waals surface area contributed by atoms with Crippen molar-refractivity contribution in [1.82, 2.24) is 19.5 Å². The number of rotatable bonds is 3. The van der Waals surface area contributed by atoms with Crippen LogP contribution in [0.1, 0.15) is 29.3 Å². The molecule has 1 saturated heterocycles. The molecule has 3 aromatic rings. The lowest BCUT2D eigenvalue weighted by atomic mass is 10.0. The van der Waals surface area contributed by atoms with E-state index < -0.39 is 0 Å². The van der Waals surface area contributed by atoms with Gasteiger partial charge in [-0.05, 0) is 37.6 Å². The number of hydrogen-bond acceptors (Lipinski definition) is 5. The highest BCUT2D eigenvalue weighted by atomic mass is 35.5. The summed E-state index contributed by atoms with van der Waals surface area (Å²) in [6.07, 6.45) is 3.79. The molecule has 3 heterocycles. The first-order valence-electron chi connectivity index (χ1n) is 7.25. The van der Waals surface area contributed by atoms with Crippen LogP contribution in [-0.4, -0.2) is 37.7 Å². The third-order valence-electron chi connectivity index (χ3n) is 4.09. The molecule has 114 valence electrons. The van der Waals surface area contributed by atoms with Crippen LogP contribution in [0, 0.1) is 0 Å². The molecular weight excluding hydrogens is 320 g/mol. The molecule has 1 aliphatic rings. The average Bonchev–Trinajstić information content (AvgIpc) is 3.23. The molecule has 1 fully saturated rings. The molecule has 22 heavy (non-hydrogen) atoms. The molecule has 0 unspecified atom stereocenters. The molecule has 1 atom stereocenters. The highest BCUT2D eigenvalue weighted by molar-refractivity contribution is 7.17. The Labute approximate surface area is 136 Å². The second kappa shape index (κ2) is 5.53. The maximum absolute atomic E-state index is 10.6. The lowest BCUT2D eigenvalue weighted by molar-refractivity contribution is 0.277. The molecule has 0 saturated carbocycles. The first-order chi connectivity index (χ1) is 10.8. The zero-order chi connectivity index (χ0) is 15.1. The first kappa shape index (κ1) is 14.0. The third kappa shape index (κ3) is 2.18. The highest BCUT2D eigenvalue weighted by Gasteiger charge is 2.31. The van der Waals surface area contributed by atoms with Crippen LogP contribution < -0.4 is 0 Å². The van der Waals surface area contributed by atoms with Gasteiger partial charge in [-0.3, -0.25) is 4.90 Å². The number of aromatic nitrogens is 3. The fourth-order valence-corrected chi connectivity index (χ4v) is 4.39. The molecule has 7 heteroatoms. The summed E-state index contributed by atoms with van der Waals surface area (Å²) in [4.78, 5) is 8.10. The van der Waals surface area contributed by atoms with E-state index in [1.807, 2.05) is 24.3 Å². The van der Waals surface area contributed by atoms with E-state index in [2.05, 4.69) is 15.0 Å². The summed E-state index contributed by atoms with van der Waals surface area (Å²) < 4.78 is 1.49. The van der Waals surface area contributed by atoms with Crippen LogP contribution in [0.5, 0.6) is 5.88 Å². The Hall–Kier alpha value is -1.63. The maximum Gasteiger partial charge on any atom is 0.230 e. The first-order valence-corrected chi connectivity index (χ1v) is 8.45. The van der Waals surface area contributed by atoms with Crippen LogP contribution in [0.15, 0.2) is 30.6 Å². The zero-order valence-electron chi connectivity index (χ0n) is 11.8. The van der Waals surface area contributed by atoms with E-state index in [1.54, 1.807) is 0 Å². The predicted molar refractivity (Wildman–Crippen MR) is 86.6 cm³/mol. The Morgan fingerprint density at radius 1 is 1.23 bits per heavy atom. The van der Waals surface area contributed by atoms with Crippen molar-refractivity contribution in [2.45, 2.75) is 18.9 Å². The largest absolute Gasteiger partial charge is 0.492 e. The van der Waals surface area contributed by atoms with Gasteiger partial charge in [-0.2, -0.15) is 9.61 Å². The van der Waals surface area contributed by atoms with Gasteiger partial charge in [0.05, 0.1) is 10.9 Å². The molecule has 0 spiro atoms. The molecular formula is C15H15ClN4OS. The quantitative estimate of drug-likeness (QED) is 0.798. The number of aromatic hydroxyl groups is 1. The lowest BCUT2D eigenvalue weighted by Crippen LogP contribution is -2.26. The van der Waals surface area contributed by atoms with Crippen LogP contribution in [0.2, 0.25) is 5.02 Å². The van der Waals surface area contributed by atoms with E-state index in [1.165, 1.54) is 35.0 Å². The van der Waals surface area contributed by atoms with Crippen molar-refractivity contribution in [2.75, 3.05) is 13.1 Å². The van der Waals surface area contributed by atoms with Crippen molar-refractivity contribution in [1.29, 1.82) is 0 Å². The number of fused-ring (bicyclic) bond motifs is 1. The van der Waals surface area contributed by atoms with Crippen molar-refractivity contribution in [3.63, 3.8) is 0 Å². The number of thiazole rings is 1. The molecule has 1 aliphatic heterocycles. The van der Waals surface area contributed by atoms with Gasteiger partial charge in [-0.25, -0.2) is 4.98 Å². The van der Waals surface area contributed by atoms with Crippen LogP contribution in [0.4, 0.5) is 0 Å². The lowest BCUT2D eigenvalue weighted by Gasteiger charge is -2.27. The number of benzene rings is 1. The van der Waals surface area contributed by atoms with Crippen molar-refractivity contribution in [3.05, 3.63) is 46.1 Å². The molecule has 4 rings (SSSR count). The highest BCUT2D eigenvalue weighted by Crippen LogP contribution is 2.42. The fraction of sp³-hybridized carbons (Fsp3) is 0.333. The molecule has 0 amide bonds. The van der Waals surface area contributed by atoms with Gasteiger partial charge in [-0.15, -0.1) is 0 Å². The summed E-state index contributed by atoms with van der Waals surface area (Å²) >= 11 is 7.90. The van der Waals surface area contributed by atoms with E-state index >= 15 is 0 Å². The Bertz CT molecular complexity index is 809. The van der Waals surface area contributed by atoms with Crippen molar-refractivity contribution < 1.29 is 5.11 Å². The second-order valence-electron chi connectivity index (χ2n) is 5.41. The topological polar surface area (TPSA) is 53.7 Å². The van der Waals surface area contributed by atoms with Crippen molar-refractivity contribution >= 4 is 27.9 Å². The minimum atomic E-state index is -0.0512. The van der Waals surface area contributed by atoms with Gasteiger partial charge in [-0.1, -0.05) is 41.1 Å². The number of likely N-dealkylation sites (tertiary alicyclic amines) is 1. The Balaban J connectivity index is 1.88. The zero-order valence-corrected chi connectivity index (χ0v) is 13.4. The van der Waals surface area contributed by atoms with Crippen molar-refractivity contribution in [3.8, 4) is 5.88 Å². The monoisotopic (exact) mass is 334 g/mol. The van der Waals surface area contributed by atoms with E-state index in [9.17, 15) is 5.11 Å². The van der Waals surface area contributed by atoms with E-state index in [4.69, 9.17) is 11.6 Å². The SMILES string of the molecule is Oc1c([C@@H](c2ccccc2Cl)N2CCCC2)sc2ncnn12. The van der Waals surface area contributed by atoms with Crippen LogP contribution in [-0.2, 0) is 0 Å². The van der Waals surface area contributed by atoms with Gasteiger partial charge in [0, 0.05) is 5.02 Å². The summed E-state index contributed by atoms with van der Waals surface area (Å²) in [7, 11) is 0. The van der Waals surface area contributed by atoms with E-state index in [0.29, 0.717) is 4.96 Å². The van der Waals surface area contributed by atoms with Gasteiger partial charge in [0.15, 0.2) is 0 Å². The summed E-state index contributed by atoms with van der Waals surface area (Å²) in [5.74, 6) is 0.161. The predicted octanol–water partition coefficient (Wildman–Crippen LogP) is 3.34. The van der Waals surface area contributed by atoms with Gasteiger partial charge in [0.1, 0.15) is 6.33 Å². The maximum atomic E-state index is 10.6.